The lowest BCUT2D eigenvalue weighted by atomic mass is 9.80. The van der Waals surface area contributed by atoms with Gasteiger partial charge in [0.25, 0.3) is 0 Å². The van der Waals surface area contributed by atoms with Gasteiger partial charge in [-0.25, -0.2) is 0 Å². The van der Waals surface area contributed by atoms with E-state index in [2.05, 4.69) is 10.6 Å². The SMILES string of the molecule is O=C(Nc1ccc2c(c1)OCCO2)C1CCC(C(=O)NC2CCCCC2)CC1. The molecule has 0 aromatic heterocycles. The fraction of sp³-hybridized carbons (Fsp3) is 0.636. The smallest absolute Gasteiger partial charge is 0.227 e. The maximum Gasteiger partial charge on any atom is 0.227 e. The maximum absolute atomic E-state index is 12.6. The second kappa shape index (κ2) is 8.84. The minimum Gasteiger partial charge on any atom is -0.486 e. The second-order valence-corrected chi connectivity index (χ2v) is 8.24. The first-order chi connectivity index (χ1) is 13.7. The second-order valence-electron chi connectivity index (χ2n) is 8.24. The molecule has 0 atom stereocenters. The van der Waals surface area contributed by atoms with E-state index in [-0.39, 0.29) is 23.7 Å². The third-order valence-corrected chi connectivity index (χ3v) is 6.23. The average Bonchev–Trinajstić information content (AvgIpc) is 2.74. The Hall–Kier alpha value is -2.24. The van der Waals surface area contributed by atoms with Gasteiger partial charge in [0.2, 0.25) is 11.8 Å². The fourth-order valence-corrected chi connectivity index (χ4v) is 4.55. The number of ether oxygens (including phenoxy) is 2. The molecule has 6 nitrogen and oxygen atoms in total. The molecule has 0 unspecified atom stereocenters. The molecule has 152 valence electrons. The average molecular weight is 386 g/mol. The molecule has 1 aromatic rings. The molecule has 2 aliphatic carbocycles. The zero-order valence-corrected chi connectivity index (χ0v) is 16.4. The van der Waals surface area contributed by atoms with Crippen LogP contribution in [0, 0.1) is 11.8 Å². The molecule has 0 spiro atoms. The van der Waals surface area contributed by atoms with E-state index in [9.17, 15) is 9.59 Å². The quantitative estimate of drug-likeness (QED) is 0.828. The Bertz CT molecular complexity index is 706. The number of nitrogens with one attached hydrogen (secondary N) is 2. The molecular formula is C22H30N2O4. The van der Waals surface area contributed by atoms with E-state index in [1.165, 1.54) is 19.3 Å². The zero-order chi connectivity index (χ0) is 19.3. The van der Waals surface area contributed by atoms with Gasteiger partial charge in [0, 0.05) is 29.6 Å². The van der Waals surface area contributed by atoms with Crippen LogP contribution in [-0.4, -0.2) is 31.1 Å². The molecule has 2 saturated carbocycles. The molecule has 28 heavy (non-hydrogen) atoms. The Kier molecular flexibility index (Phi) is 6.03. The van der Waals surface area contributed by atoms with Gasteiger partial charge in [-0.05, 0) is 50.7 Å². The molecule has 2 amide bonds. The van der Waals surface area contributed by atoms with E-state index in [1.54, 1.807) is 0 Å². The van der Waals surface area contributed by atoms with Gasteiger partial charge in [-0.15, -0.1) is 0 Å². The molecule has 0 bridgehead atoms. The molecule has 0 saturated heterocycles. The highest BCUT2D eigenvalue weighted by Crippen LogP contribution is 2.34. The number of amides is 2. The van der Waals surface area contributed by atoms with Crippen molar-refractivity contribution in [2.45, 2.75) is 63.8 Å². The van der Waals surface area contributed by atoms with Crippen molar-refractivity contribution in [2.75, 3.05) is 18.5 Å². The molecule has 1 aliphatic heterocycles. The zero-order valence-electron chi connectivity index (χ0n) is 16.4. The largest absolute Gasteiger partial charge is 0.486 e. The van der Waals surface area contributed by atoms with Crippen LogP contribution in [0.1, 0.15) is 57.8 Å². The summed E-state index contributed by atoms with van der Waals surface area (Å²) in [6.45, 7) is 1.08. The summed E-state index contributed by atoms with van der Waals surface area (Å²) in [4.78, 5) is 25.2. The van der Waals surface area contributed by atoms with E-state index >= 15 is 0 Å². The van der Waals surface area contributed by atoms with Crippen LogP contribution in [-0.2, 0) is 9.59 Å². The fourth-order valence-electron chi connectivity index (χ4n) is 4.55. The summed E-state index contributed by atoms with van der Waals surface area (Å²) in [5.41, 5.74) is 0.728. The van der Waals surface area contributed by atoms with Crippen LogP contribution >= 0.6 is 0 Å². The predicted molar refractivity (Wildman–Crippen MR) is 107 cm³/mol. The summed E-state index contributed by atoms with van der Waals surface area (Å²) in [7, 11) is 0. The summed E-state index contributed by atoms with van der Waals surface area (Å²) in [6.07, 6.45) is 9.05. The number of benzene rings is 1. The highest BCUT2D eigenvalue weighted by Gasteiger charge is 2.31. The number of carbonyl (C=O) groups excluding carboxylic acids is 2. The number of rotatable bonds is 4. The van der Waals surface area contributed by atoms with E-state index in [0.29, 0.717) is 30.8 Å². The van der Waals surface area contributed by atoms with Crippen LogP contribution in [0.2, 0.25) is 0 Å². The first-order valence-corrected chi connectivity index (χ1v) is 10.7. The van der Waals surface area contributed by atoms with E-state index in [1.807, 2.05) is 18.2 Å². The lowest BCUT2D eigenvalue weighted by molar-refractivity contribution is -0.129. The number of hydrogen-bond acceptors (Lipinski definition) is 4. The molecule has 1 aromatic carbocycles. The molecule has 6 heteroatoms. The van der Waals surface area contributed by atoms with Crippen molar-refractivity contribution in [1.82, 2.24) is 5.32 Å². The van der Waals surface area contributed by atoms with Gasteiger partial charge in [0.05, 0.1) is 0 Å². The number of carbonyl (C=O) groups is 2. The van der Waals surface area contributed by atoms with Gasteiger partial charge >= 0.3 is 0 Å². The highest BCUT2D eigenvalue weighted by molar-refractivity contribution is 5.93. The number of anilines is 1. The monoisotopic (exact) mass is 386 g/mol. The molecule has 4 rings (SSSR count). The van der Waals surface area contributed by atoms with Gasteiger partial charge in [-0.3, -0.25) is 9.59 Å². The van der Waals surface area contributed by atoms with Crippen LogP contribution in [0.15, 0.2) is 18.2 Å². The topological polar surface area (TPSA) is 76.7 Å². The summed E-state index contributed by atoms with van der Waals surface area (Å²) in [6, 6.07) is 5.85. The van der Waals surface area contributed by atoms with Gasteiger partial charge < -0.3 is 20.1 Å². The Morgan fingerprint density at radius 2 is 1.43 bits per heavy atom. The van der Waals surface area contributed by atoms with Crippen molar-refractivity contribution in [3.05, 3.63) is 18.2 Å². The van der Waals surface area contributed by atoms with Gasteiger partial charge in [-0.1, -0.05) is 19.3 Å². The third-order valence-electron chi connectivity index (χ3n) is 6.23. The van der Waals surface area contributed by atoms with Crippen LogP contribution in [0.3, 0.4) is 0 Å². The van der Waals surface area contributed by atoms with Gasteiger partial charge in [-0.2, -0.15) is 0 Å². The van der Waals surface area contributed by atoms with Crippen molar-refractivity contribution in [3.63, 3.8) is 0 Å². The lowest BCUT2D eigenvalue weighted by Crippen LogP contribution is -2.41. The Labute approximate surface area is 166 Å². The Morgan fingerprint density at radius 3 is 2.14 bits per heavy atom. The summed E-state index contributed by atoms with van der Waals surface area (Å²) < 4.78 is 11.1. The van der Waals surface area contributed by atoms with Crippen molar-refractivity contribution < 1.29 is 19.1 Å². The van der Waals surface area contributed by atoms with Gasteiger partial charge in [0.1, 0.15) is 13.2 Å². The first-order valence-electron chi connectivity index (χ1n) is 10.7. The molecule has 2 N–H and O–H groups in total. The van der Waals surface area contributed by atoms with Crippen LogP contribution in [0.4, 0.5) is 5.69 Å². The first kappa shape index (κ1) is 19.1. The Morgan fingerprint density at radius 1 is 0.786 bits per heavy atom. The number of fused-ring (bicyclic) bond motifs is 1. The number of hydrogen-bond donors (Lipinski definition) is 2. The molecule has 0 radical (unpaired) electrons. The van der Waals surface area contributed by atoms with Crippen molar-refractivity contribution in [2.24, 2.45) is 11.8 Å². The van der Waals surface area contributed by atoms with E-state index in [0.717, 1.165) is 44.2 Å². The van der Waals surface area contributed by atoms with Crippen molar-refractivity contribution in [3.8, 4) is 11.5 Å². The minimum absolute atomic E-state index is 0.0304. The summed E-state index contributed by atoms with van der Waals surface area (Å²) in [5, 5.41) is 6.23. The van der Waals surface area contributed by atoms with Crippen LogP contribution < -0.4 is 20.1 Å². The normalized spacial score (nSPS) is 25.0. The Balaban J connectivity index is 1.25. The molecular weight excluding hydrogens is 356 g/mol. The van der Waals surface area contributed by atoms with Crippen molar-refractivity contribution >= 4 is 17.5 Å². The van der Waals surface area contributed by atoms with Crippen molar-refractivity contribution in [1.29, 1.82) is 0 Å². The minimum atomic E-state index is -0.0352. The van der Waals surface area contributed by atoms with Crippen LogP contribution in [0.5, 0.6) is 11.5 Å². The van der Waals surface area contributed by atoms with Gasteiger partial charge in [0.15, 0.2) is 11.5 Å². The van der Waals surface area contributed by atoms with Crippen LogP contribution in [0.25, 0.3) is 0 Å². The maximum atomic E-state index is 12.6. The highest BCUT2D eigenvalue weighted by atomic mass is 16.6. The van der Waals surface area contributed by atoms with E-state index in [4.69, 9.17) is 9.47 Å². The lowest BCUT2D eigenvalue weighted by Gasteiger charge is -2.30. The molecule has 3 aliphatic rings. The predicted octanol–water partition coefficient (Wildman–Crippen LogP) is 3.65. The molecule has 2 fully saturated rings. The standard InChI is InChI=1S/C22H30N2O4/c25-21(23-17-4-2-1-3-5-17)15-6-8-16(9-7-15)22(26)24-18-10-11-19-20(14-18)28-13-12-27-19/h10-11,14-17H,1-9,12-13H2,(H,23,25)(H,24,26). The third kappa shape index (κ3) is 4.59. The summed E-state index contributed by atoms with van der Waals surface area (Å²) in [5.74, 6) is 1.63. The summed E-state index contributed by atoms with van der Waals surface area (Å²) >= 11 is 0. The van der Waals surface area contributed by atoms with E-state index < -0.39 is 0 Å². The molecule has 1 heterocycles.